The van der Waals surface area contributed by atoms with Crippen molar-refractivity contribution in [2.24, 2.45) is 0 Å². The first-order valence-corrected chi connectivity index (χ1v) is 6.91. The molecule has 1 aromatic carbocycles. The largest absolute Gasteiger partial charge is 0.383 e. The average molecular weight is 265 g/mol. The molecule has 2 N–H and O–H groups in total. The van der Waals surface area contributed by atoms with Gasteiger partial charge in [-0.3, -0.25) is 4.40 Å². The topological polar surface area (TPSA) is 43.3 Å². The molecule has 3 heteroatoms. The summed E-state index contributed by atoms with van der Waals surface area (Å²) in [6, 6.07) is 12.6. The number of nitrogen functional groups attached to an aromatic ring is 1. The fraction of sp³-hybridized carbons (Fsp3) is 0.235. The van der Waals surface area contributed by atoms with Crippen molar-refractivity contribution in [3.05, 3.63) is 53.7 Å². The fourth-order valence-electron chi connectivity index (χ4n) is 2.40. The summed E-state index contributed by atoms with van der Waals surface area (Å²) in [4.78, 5) is 4.66. The molecule has 2 aromatic heterocycles. The number of nitrogens with zero attached hydrogens (tertiary/aromatic N) is 2. The molecule has 20 heavy (non-hydrogen) atoms. The van der Waals surface area contributed by atoms with E-state index in [1.54, 1.807) is 0 Å². The molecule has 0 fully saturated rings. The van der Waals surface area contributed by atoms with Gasteiger partial charge in [-0.1, -0.05) is 38.1 Å². The summed E-state index contributed by atoms with van der Waals surface area (Å²) in [5.74, 6) is 1.22. The molecule has 0 bridgehead atoms. The van der Waals surface area contributed by atoms with E-state index in [2.05, 4.69) is 50.0 Å². The Morgan fingerprint density at radius 2 is 1.80 bits per heavy atom. The maximum absolute atomic E-state index is 6.22. The molecule has 0 saturated carbocycles. The van der Waals surface area contributed by atoms with E-state index in [9.17, 15) is 0 Å². The first-order chi connectivity index (χ1) is 9.56. The summed E-state index contributed by atoms with van der Waals surface area (Å²) < 4.78 is 1.93. The molecule has 0 unspecified atom stereocenters. The monoisotopic (exact) mass is 265 g/mol. The minimum Gasteiger partial charge on any atom is -0.383 e. The van der Waals surface area contributed by atoms with Gasteiger partial charge < -0.3 is 5.73 Å². The molecule has 0 atom stereocenters. The highest BCUT2D eigenvalue weighted by atomic mass is 15.1. The number of hydrogen-bond donors (Lipinski definition) is 1. The molecule has 0 spiro atoms. The quantitative estimate of drug-likeness (QED) is 0.760. The van der Waals surface area contributed by atoms with Crippen molar-refractivity contribution in [3.8, 4) is 11.3 Å². The molecule has 2 heterocycles. The number of hydrogen-bond acceptors (Lipinski definition) is 2. The van der Waals surface area contributed by atoms with Crippen LogP contribution in [0.3, 0.4) is 0 Å². The van der Waals surface area contributed by atoms with Gasteiger partial charge in [-0.15, -0.1) is 0 Å². The van der Waals surface area contributed by atoms with Gasteiger partial charge in [0.1, 0.15) is 17.2 Å². The number of pyridine rings is 1. The summed E-state index contributed by atoms with van der Waals surface area (Å²) in [5.41, 5.74) is 11.5. The SMILES string of the molecule is Cc1ccn2c(N)c(-c3ccc(C(C)C)cc3)nc2c1. The van der Waals surface area contributed by atoms with Crippen LogP contribution < -0.4 is 5.73 Å². The van der Waals surface area contributed by atoms with Crippen LogP contribution in [-0.2, 0) is 0 Å². The minimum atomic E-state index is 0.533. The van der Waals surface area contributed by atoms with Crippen LogP contribution in [0.25, 0.3) is 16.9 Å². The Hall–Kier alpha value is -2.29. The highest BCUT2D eigenvalue weighted by Gasteiger charge is 2.11. The van der Waals surface area contributed by atoms with E-state index in [4.69, 9.17) is 5.73 Å². The van der Waals surface area contributed by atoms with E-state index < -0.39 is 0 Å². The number of imidazole rings is 1. The lowest BCUT2D eigenvalue weighted by Gasteiger charge is -2.06. The molecule has 3 rings (SSSR count). The summed E-state index contributed by atoms with van der Waals surface area (Å²) in [5, 5.41) is 0. The Morgan fingerprint density at radius 3 is 2.45 bits per heavy atom. The highest BCUT2D eigenvalue weighted by Crippen LogP contribution is 2.28. The second kappa shape index (κ2) is 4.67. The molecular weight excluding hydrogens is 246 g/mol. The standard InChI is InChI=1S/C17H19N3/c1-11(2)13-4-6-14(7-5-13)16-17(18)20-9-8-12(3)10-15(20)19-16/h4-11H,18H2,1-3H3. The number of aromatic nitrogens is 2. The third kappa shape index (κ3) is 2.05. The van der Waals surface area contributed by atoms with Crippen molar-refractivity contribution < 1.29 is 0 Å². The molecular formula is C17H19N3. The number of anilines is 1. The Morgan fingerprint density at radius 1 is 1.10 bits per heavy atom. The average Bonchev–Trinajstić information content (AvgIpc) is 2.75. The summed E-state index contributed by atoms with van der Waals surface area (Å²) in [6.07, 6.45) is 1.97. The third-order valence-corrected chi connectivity index (χ3v) is 3.67. The van der Waals surface area contributed by atoms with Crippen LogP contribution in [0.2, 0.25) is 0 Å². The number of rotatable bonds is 2. The molecule has 0 aliphatic rings. The lowest BCUT2D eigenvalue weighted by Crippen LogP contribution is -1.94. The van der Waals surface area contributed by atoms with Gasteiger partial charge in [-0.25, -0.2) is 4.98 Å². The second-order valence-corrected chi connectivity index (χ2v) is 5.55. The Kier molecular flexibility index (Phi) is 2.97. The zero-order valence-electron chi connectivity index (χ0n) is 12.1. The van der Waals surface area contributed by atoms with Gasteiger partial charge in [-0.05, 0) is 36.1 Å². The number of aryl methyl sites for hydroxylation is 1. The Balaban J connectivity index is 2.11. The first kappa shape index (κ1) is 12.7. The van der Waals surface area contributed by atoms with Gasteiger partial charge in [0.15, 0.2) is 0 Å². The zero-order chi connectivity index (χ0) is 14.3. The molecule has 0 aliphatic carbocycles. The summed E-state index contributed by atoms with van der Waals surface area (Å²) in [7, 11) is 0. The third-order valence-electron chi connectivity index (χ3n) is 3.67. The van der Waals surface area contributed by atoms with Crippen LogP contribution in [-0.4, -0.2) is 9.38 Å². The van der Waals surface area contributed by atoms with Crippen LogP contribution >= 0.6 is 0 Å². The van der Waals surface area contributed by atoms with Crippen LogP contribution in [0.1, 0.15) is 30.9 Å². The molecule has 3 nitrogen and oxygen atoms in total. The summed E-state index contributed by atoms with van der Waals surface area (Å²) in [6.45, 7) is 6.44. The molecule has 0 saturated heterocycles. The summed E-state index contributed by atoms with van der Waals surface area (Å²) >= 11 is 0. The molecule has 3 aromatic rings. The van der Waals surface area contributed by atoms with Crippen LogP contribution in [0.15, 0.2) is 42.6 Å². The smallest absolute Gasteiger partial charge is 0.139 e. The lowest BCUT2D eigenvalue weighted by molar-refractivity contribution is 0.867. The molecule has 0 radical (unpaired) electrons. The van der Waals surface area contributed by atoms with Crippen LogP contribution in [0, 0.1) is 6.92 Å². The van der Waals surface area contributed by atoms with Crippen LogP contribution in [0.5, 0.6) is 0 Å². The van der Waals surface area contributed by atoms with Gasteiger partial charge >= 0.3 is 0 Å². The maximum atomic E-state index is 6.22. The lowest BCUT2D eigenvalue weighted by atomic mass is 10.0. The second-order valence-electron chi connectivity index (χ2n) is 5.55. The van der Waals surface area contributed by atoms with Gasteiger partial charge in [0.2, 0.25) is 0 Å². The highest BCUT2D eigenvalue weighted by molar-refractivity contribution is 5.75. The minimum absolute atomic E-state index is 0.533. The Labute approximate surface area is 119 Å². The number of nitrogens with two attached hydrogens (primary N) is 1. The van der Waals surface area contributed by atoms with Gasteiger partial charge in [0.05, 0.1) is 0 Å². The number of fused-ring (bicyclic) bond motifs is 1. The van der Waals surface area contributed by atoms with Crippen molar-refractivity contribution in [3.63, 3.8) is 0 Å². The zero-order valence-corrected chi connectivity index (χ0v) is 12.1. The van der Waals surface area contributed by atoms with E-state index in [0.717, 1.165) is 16.9 Å². The van der Waals surface area contributed by atoms with Crippen molar-refractivity contribution >= 4 is 11.5 Å². The van der Waals surface area contributed by atoms with Crippen molar-refractivity contribution in [2.45, 2.75) is 26.7 Å². The Bertz CT molecular complexity index is 752. The molecule has 0 aliphatic heterocycles. The van der Waals surface area contributed by atoms with Crippen LogP contribution in [0.4, 0.5) is 5.82 Å². The van der Waals surface area contributed by atoms with Crippen molar-refractivity contribution in [1.29, 1.82) is 0 Å². The van der Waals surface area contributed by atoms with Crippen molar-refractivity contribution in [1.82, 2.24) is 9.38 Å². The maximum Gasteiger partial charge on any atom is 0.139 e. The van der Waals surface area contributed by atoms with Gasteiger partial charge in [-0.2, -0.15) is 0 Å². The van der Waals surface area contributed by atoms with Gasteiger partial charge in [0, 0.05) is 11.8 Å². The van der Waals surface area contributed by atoms with E-state index in [1.165, 1.54) is 11.1 Å². The number of benzene rings is 1. The van der Waals surface area contributed by atoms with E-state index in [-0.39, 0.29) is 0 Å². The normalized spacial score (nSPS) is 11.4. The predicted molar refractivity (Wildman–Crippen MR) is 83.9 cm³/mol. The molecule has 0 amide bonds. The van der Waals surface area contributed by atoms with Crippen molar-refractivity contribution in [2.75, 3.05) is 5.73 Å². The van der Waals surface area contributed by atoms with E-state index >= 15 is 0 Å². The van der Waals surface area contributed by atoms with Gasteiger partial charge in [0.25, 0.3) is 0 Å². The fourth-order valence-corrected chi connectivity index (χ4v) is 2.40. The van der Waals surface area contributed by atoms with E-state index in [1.807, 2.05) is 22.7 Å². The predicted octanol–water partition coefficient (Wildman–Crippen LogP) is 4.02. The van der Waals surface area contributed by atoms with E-state index in [0.29, 0.717) is 11.7 Å². The first-order valence-electron chi connectivity index (χ1n) is 6.91. The molecule has 102 valence electrons.